The molecule has 5 atom stereocenters. The standard InChI is InChI=1S/C16H20Cl3NO10/c1-2-28-13(27)12-7(4-10(23)24)6(3-9(21)22)8(5-11(25)26)14(29-12)30-15(20)16(17,18)19/h6-8,12,14,20H,2-5H2,1H3,(H,21,22)(H,23,24)(H,25,26)/t6-,7-,8+,12-,14+/m0/s1. The molecule has 11 nitrogen and oxygen atoms in total. The lowest BCUT2D eigenvalue weighted by Gasteiger charge is -2.44. The van der Waals surface area contributed by atoms with Gasteiger partial charge in [0.25, 0.3) is 3.79 Å². The average Bonchev–Trinajstić information content (AvgIpc) is 2.57. The molecule has 170 valence electrons. The van der Waals surface area contributed by atoms with Gasteiger partial charge in [0.1, 0.15) is 0 Å². The molecule has 0 aromatic carbocycles. The highest BCUT2D eigenvalue weighted by Crippen LogP contribution is 2.43. The molecule has 1 aliphatic rings. The van der Waals surface area contributed by atoms with Crippen molar-refractivity contribution in [3.8, 4) is 0 Å². The van der Waals surface area contributed by atoms with E-state index in [0.717, 1.165) is 0 Å². The molecule has 0 spiro atoms. The van der Waals surface area contributed by atoms with Gasteiger partial charge in [0.05, 0.1) is 19.4 Å². The Morgan fingerprint density at radius 1 is 0.933 bits per heavy atom. The van der Waals surface area contributed by atoms with Crippen molar-refractivity contribution < 1.29 is 48.7 Å². The minimum absolute atomic E-state index is 0.0872. The number of alkyl halides is 3. The van der Waals surface area contributed by atoms with E-state index < -0.39 is 83.0 Å². The molecule has 1 rings (SSSR count). The lowest BCUT2D eigenvalue weighted by Crippen LogP contribution is -2.54. The maximum absolute atomic E-state index is 12.4. The second-order valence-electron chi connectivity index (χ2n) is 6.41. The van der Waals surface area contributed by atoms with Crippen LogP contribution in [0.15, 0.2) is 0 Å². The first-order chi connectivity index (χ1) is 13.8. The number of carbonyl (C=O) groups excluding carboxylic acids is 1. The first-order valence-corrected chi connectivity index (χ1v) is 9.71. The predicted molar refractivity (Wildman–Crippen MR) is 102 cm³/mol. The highest BCUT2D eigenvalue weighted by molar-refractivity contribution is 6.76. The largest absolute Gasteiger partial charge is 0.481 e. The van der Waals surface area contributed by atoms with Crippen LogP contribution in [0.25, 0.3) is 0 Å². The molecule has 0 aliphatic carbocycles. The number of halogens is 3. The van der Waals surface area contributed by atoms with E-state index in [1.165, 1.54) is 6.92 Å². The molecular weight excluding hydrogens is 473 g/mol. The third kappa shape index (κ3) is 7.46. The Kier molecular flexibility index (Phi) is 9.60. The summed E-state index contributed by atoms with van der Waals surface area (Å²) in [5.41, 5.74) is 0. The van der Waals surface area contributed by atoms with Gasteiger partial charge in [-0.2, -0.15) is 0 Å². The van der Waals surface area contributed by atoms with Crippen molar-refractivity contribution in [1.29, 1.82) is 5.41 Å². The van der Waals surface area contributed by atoms with Gasteiger partial charge in [0.15, 0.2) is 6.10 Å². The van der Waals surface area contributed by atoms with Gasteiger partial charge >= 0.3 is 23.9 Å². The van der Waals surface area contributed by atoms with Gasteiger partial charge in [-0.3, -0.25) is 19.8 Å². The minimum atomic E-state index is -2.35. The number of hydrogen-bond acceptors (Lipinski definition) is 8. The summed E-state index contributed by atoms with van der Waals surface area (Å²) in [6.07, 6.45) is -5.42. The summed E-state index contributed by atoms with van der Waals surface area (Å²) in [5, 5.41) is 35.5. The Labute approximate surface area is 185 Å². The molecule has 1 fully saturated rings. The molecule has 0 radical (unpaired) electrons. The molecule has 0 amide bonds. The van der Waals surface area contributed by atoms with Crippen LogP contribution in [-0.2, 0) is 33.4 Å². The van der Waals surface area contributed by atoms with E-state index in [1.54, 1.807) is 0 Å². The van der Waals surface area contributed by atoms with Gasteiger partial charge in [-0.15, -0.1) is 0 Å². The number of esters is 1. The van der Waals surface area contributed by atoms with E-state index in [9.17, 15) is 34.5 Å². The Morgan fingerprint density at radius 2 is 1.40 bits per heavy atom. The molecule has 0 unspecified atom stereocenters. The summed E-state index contributed by atoms with van der Waals surface area (Å²) in [6.45, 7) is 1.40. The van der Waals surface area contributed by atoms with Gasteiger partial charge in [-0.25, -0.2) is 4.79 Å². The zero-order valence-electron chi connectivity index (χ0n) is 15.5. The van der Waals surface area contributed by atoms with Crippen LogP contribution >= 0.6 is 34.8 Å². The topological polar surface area (TPSA) is 181 Å². The van der Waals surface area contributed by atoms with Gasteiger partial charge < -0.3 is 29.5 Å². The molecule has 4 N–H and O–H groups in total. The zero-order chi connectivity index (χ0) is 23.2. The molecular formula is C16H20Cl3NO10. The number of carboxylic acid groups (broad SMARTS) is 3. The van der Waals surface area contributed by atoms with Crippen molar-refractivity contribution in [2.45, 2.75) is 42.4 Å². The summed E-state index contributed by atoms with van der Waals surface area (Å²) in [4.78, 5) is 46.5. The van der Waals surface area contributed by atoms with Crippen molar-refractivity contribution in [3.05, 3.63) is 0 Å². The first kappa shape index (κ1) is 26.2. The fourth-order valence-corrected chi connectivity index (χ4v) is 3.39. The summed E-state index contributed by atoms with van der Waals surface area (Å²) >= 11 is 16.7. The summed E-state index contributed by atoms with van der Waals surface area (Å²) < 4.78 is 13.1. The van der Waals surface area contributed by atoms with Crippen LogP contribution < -0.4 is 0 Å². The lowest BCUT2D eigenvalue weighted by molar-refractivity contribution is -0.239. The van der Waals surface area contributed by atoms with Crippen molar-refractivity contribution in [3.63, 3.8) is 0 Å². The first-order valence-electron chi connectivity index (χ1n) is 8.57. The van der Waals surface area contributed by atoms with Gasteiger partial charge in [-0.1, -0.05) is 34.8 Å². The minimum Gasteiger partial charge on any atom is -0.481 e. The van der Waals surface area contributed by atoms with Gasteiger partial charge in [0.2, 0.25) is 12.2 Å². The third-order valence-electron chi connectivity index (χ3n) is 4.36. The molecule has 0 bridgehead atoms. The van der Waals surface area contributed by atoms with Gasteiger partial charge in [-0.05, 0) is 12.8 Å². The monoisotopic (exact) mass is 491 g/mol. The maximum Gasteiger partial charge on any atom is 0.335 e. The summed E-state index contributed by atoms with van der Waals surface area (Å²) in [7, 11) is 0. The van der Waals surface area contributed by atoms with E-state index in [-0.39, 0.29) is 6.61 Å². The van der Waals surface area contributed by atoms with E-state index in [0.29, 0.717) is 0 Å². The number of nitrogens with one attached hydrogen (secondary N) is 1. The molecule has 1 heterocycles. The van der Waals surface area contributed by atoms with Crippen LogP contribution in [-0.4, -0.2) is 67.9 Å². The van der Waals surface area contributed by atoms with Crippen molar-refractivity contribution >= 4 is 64.6 Å². The van der Waals surface area contributed by atoms with E-state index >= 15 is 0 Å². The predicted octanol–water partition coefficient (Wildman–Crippen LogP) is 1.91. The van der Waals surface area contributed by atoms with E-state index in [1.807, 2.05) is 0 Å². The second-order valence-corrected chi connectivity index (χ2v) is 8.69. The third-order valence-corrected chi connectivity index (χ3v) is 4.88. The number of hydrogen-bond donors (Lipinski definition) is 4. The number of carboxylic acids is 3. The lowest BCUT2D eigenvalue weighted by atomic mass is 9.71. The highest BCUT2D eigenvalue weighted by atomic mass is 35.6. The van der Waals surface area contributed by atoms with E-state index in [4.69, 9.17) is 54.4 Å². The summed E-state index contributed by atoms with van der Waals surface area (Å²) in [6, 6.07) is 0. The molecule has 0 aromatic rings. The van der Waals surface area contributed by atoms with Crippen LogP contribution in [0.4, 0.5) is 0 Å². The second kappa shape index (κ2) is 11.0. The highest BCUT2D eigenvalue weighted by Gasteiger charge is 2.52. The number of rotatable bonds is 9. The molecule has 0 saturated carbocycles. The van der Waals surface area contributed by atoms with Crippen LogP contribution in [0, 0.1) is 23.2 Å². The Hall–Kier alpha value is -1.82. The Balaban J connectivity index is 3.45. The number of ether oxygens (including phenoxy) is 3. The van der Waals surface area contributed by atoms with Crippen molar-refractivity contribution in [2.24, 2.45) is 17.8 Å². The molecule has 14 heteroatoms. The zero-order valence-corrected chi connectivity index (χ0v) is 17.8. The fraction of sp³-hybridized carbons (Fsp3) is 0.688. The average molecular weight is 493 g/mol. The quantitative estimate of drug-likeness (QED) is 0.161. The fourth-order valence-electron chi connectivity index (χ4n) is 3.26. The van der Waals surface area contributed by atoms with Crippen LogP contribution in [0.3, 0.4) is 0 Å². The molecule has 30 heavy (non-hydrogen) atoms. The van der Waals surface area contributed by atoms with Crippen LogP contribution in [0.2, 0.25) is 0 Å². The smallest absolute Gasteiger partial charge is 0.335 e. The Bertz CT molecular complexity index is 695. The molecule has 1 saturated heterocycles. The number of aliphatic carboxylic acids is 3. The normalized spacial score (nSPS) is 26.5. The SMILES string of the molecule is CCOC(=O)[C@H]1O[C@H](OC(=N)C(Cl)(Cl)Cl)[C@H](CC(=O)O)[C@@H](CC(=O)O)[C@@H]1CC(=O)O. The number of carbonyl (C=O) groups is 4. The molecule has 0 aromatic heterocycles. The summed E-state index contributed by atoms with van der Waals surface area (Å²) in [5.74, 6) is -9.79. The van der Waals surface area contributed by atoms with Crippen molar-refractivity contribution in [2.75, 3.05) is 6.61 Å². The van der Waals surface area contributed by atoms with Gasteiger partial charge in [0, 0.05) is 18.3 Å². The maximum atomic E-state index is 12.4. The Morgan fingerprint density at radius 3 is 1.83 bits per heavy atom. The van der Waals surface area contributed by atoms with Crippen LogP contribution in [0.5, 0.6) is 0 Å². The molecule has 1 aliphatic heterocycles. The van der Waals surface area contributed by atoms with Crippen LogP contribution in [0.1, 0.15) is 26.2 Å². The van der Waals surface area contributed by atoms with Crippen molar-refractivity contribution in [1.82, 2.24) is 0 Å². The van der Waals surface area contributed by atoms with E-state index in [2.05, 4.69) is 0 Å².